The molecule has 1 aliphatic rings. The van der Waals surface area contributed by atoms with Crippen molar-refractivity contribution in [3.05, 3.63) is 48.9 Å². The molecule has 6 nitrogen and oxygen atoms in total. The van der Waals surface area contributed by atoms with E-state index in [0.717, 1.165) is 23.0 Å². The maximum atomic E-state index is 4.90. The van der Waals surface area contributed by atoms with Crippen molar-refractivity contribution in [2.75, 3.05) is 9.62 Å². The summed E-state index contributed by atoms with van der Waals surface area (Å²) in [7, 11) is 1.90. The smallest absolute Gasteiger partial charge is 0.363 e. The van der Waals surface area contributed by atoms with Crippen LogP contribution in [0.4, 0.5) is 23.0 Å². The van der Waals surface area contributed by atoms with Gasteiger partial charge in [0.2, 0.25) is 0 Å². The zero-order valence-corrected chi connectivity index (χ0v) is 12.5. The van der Waals surface area contributed by atoms with Gasteiger partial charge >= 0.3 is 7.55 Å². The second-order valence-corrected chi connectivity index (χ2v) is 4.06. The molecule has 0 unspecified atom stereocenters. The monoisotopic (exact) mass is 444 g/mol. The number of hydrogen-bond donors (Lipinski definition) is 0. The fourth-order valence-electron chi connectivity index (χ4n) is 2.14. The minimum Gasteiger partial charge on any atom is -0.363 e. The quantitative estimate of drug-likeness (QED) is 0.568. The van der Waals surface area contributed by atoms with E-state index in [-0.39, 0.29) is 20.1 Å². The molecule has 2 aromatic heterocycles. The predicted molar refractivity (Wildman–Crippen MR) is 69.5 cm³/mol. The fraction of sp³-hybridized carbons (Fsp3) is 0. The Morgan fingerprint density at radius 2 is 1.30 bits per heavy atom. The van der Waals surface area contributed by atoms with E-state index in [4.69, 9.17) is 9.05 Å². The molecule has 100 valence electrons. The van der Waals surface area contributed by atoms with Crippen molar-refractivity contribution in [3.63, 3.8) is 0 Å². The van der Waals surface area contributed by atoms with Gasteiger partial charge in [0, 0.05) is 32.2 Å². The number of anilines is 4. The van der Waals surface area contributed by atoms with Crippen LogP contribution in [-0.4, -0.2) is 17.9 Å². The molecule has 3 aromatic rings. The summed E-state index contributed by atoms with van der Waals surface area (Å²) in [5, 5.41) is 7.92. The second-order valence-electron chi connectivity index (χ2n) is 4.06. The molecule has 20 heavy (non-hydrogen) atoms. The number of benzene rings is 1. The van der Waals surface area contributed by atoms with Gasteiger partial charge in [-0.05, 0) is 12.1 Å². The number of nitrogens with zero attached hydrogens (tertiary/aromatic N) is 4. The molecule has 0 saturated carbocycles. The summed E-state index contributed by atoms with van der Waals surface area (Å²) < 4.78 is 9.81. The summed E-state index contributed by atoms with van der Waals surface area (Å²) >= 11 is 0. The van der Waals surface area contributed by atoms with Gasteiger partial charge in [0.1, 0.15) is 12.5 Å². The van der Waals surface area contributed by atoms with Gasteiger partial charge in [0.25, 0.3) is 0 Å². The molecule has 3 heterocycles. The van der Waals surface area contributed by atoms with Crippen LogP contribution in [0.5, 0.6) is 0 Å². The van der Waals surface area contributed by atoms with Gasteiger partial charge < -0.3 is 18.7 Å². The Balaban J connectivity index is 0.00000121. The van der Waals surface area contributed by atoms with Crippen molar-refractivity contribution < 1.29 is 29.2 Å². The molecule has 0 aliphatic carbocycles. The third-order valence-electron chi connectivity index (χ3n) is 2.97. The molecular weight excluding hydrogens is 435 g/mol. The SMILES string of the molecule is [B]1N(c2ccon2)c2ccccc2N1c1ccon1.[Ir]. The third kappa shape index (κ3) is 1.93. The summed E-state index contributed by atoms with van der Waals surface area (Å²) in [5.41, 5.74) is 2.03. The Morgan fingerprint density at radius 3 is 1.70 bits per heavy atom. The normalized spacial score (nSPS) is 12.8. The summed E-state index contributed by atoms with van der Waals surface area (Å²) in [6.45, 7) is 0. The van der Waals surface area contributed by atoms with E-state index in [1.807, 2.05) is 41.4 Å². The zero-order valence-electron chi connectivity index (χ0n) is 10.1. The molecule has 1 aromatic carbocycles. The maximum Gasteiger partial charge on any atom is 0.404 e. The van der Waals surface area contributed by atoms with Crippen LogP contribution in [0.15, 0.2) is 58.0 Å². The molecule has 4 rings (SSSR count). The second kappa shape index (κ2) is 5.15. The van der Waals surface area contributed by atoms with Crippen LogP contribution in [0.25, 0.3) is 0 Å². The molecule has 0 saturated heterocycles. The number of hydrogen-bond acceptors (Lipinski definition) is 6. The van der Waals surface area contributed by atoms with Crippen molar-refractivity contribution in [3.8, 4) is 0 Å². The van der Waals surface area contributed by atoms with Crippen LogP contribution in [0.2, 0.25) is 0 Å². The van der Waals surface area contributed by atoms with Gasteiger partial charge in [-0.1, -0.05) is 22.4 Å². The first kappa shape index (κ1) is 13.0. The largest absolute Gasteiger partial charge is 0.404 e. The average molecular weight is 443 g/mol. The molecule has 8 heteroatoms. The van der Waals surface area contributed by atoms with E-state index in [0.29, 0.717) is 0 Å². The predicted octanol–water partition coefficient (Wildman–Crippen LogP) is 2.48. The van der Waals surface area contributed by atoms with Crippen molar-refractivity contribution in [2.24, 2.45) is 0 Å². The molecule has 0 atom stereocenters. The number of fused-ring (bicyclic) bond motifs is 1. The van der Waals surface area contributed by atoms with Gasteiger partial charge in [0.05, 0.1) is 11.4 Å². The van der Waals surface area contributed by atoms with Crippen molar-refractivity contribution in [1.29, 1.82) is 0 Å². The molecule has 0 amide bonds. The Hall–Kier alpha value is -2.05. The minimum atomic E-state index is 0. The zero-order chi connectivity index (χ0) is 12.7. The molecule has 0 bridgehead atoms. The van der Waals surface area contributed by atoms with Gasteiger partial charge in [-0.15, -0.1) is 0 Å². The first-order chi connectivity index (χ1) is 9.43. The topological polar surface area (TPSA) is 58.5 Å². The average Bonchev–Trinajstić information content (AvgIpc) is 3.18. The van der Waals surface area contributed by atoms with Crippen molar-refractivity contribution >= 4 is 30.6 Å². The van der Waals surface area contributed by atoms with E-state index in [9.17, 15) is 0 Å². The first-order valence-electron chi connectivity index (χ1n) is 5.77. The molecule has 0 N–H and O–H groups in total. The maximum absolute atomic E-state index is 4.90. The van der Waals surface area contributed by atoms with E-state index < -0.39 is 0 Å². The van der Waals surface area contributed by atoms with Crippen molar-refractivity contribution in [1.82, 2.24) is 10.3 Å². The van der Waals surface area contributed by atoms with Crippen LogP contribution in [0, 0.1) is 0 Å². The van der Waals surface area contributed by atoms with Crippen LogP contribution in [0.1, 0.15) is 0 Å². The summed E-state index contributed by atoms with van der Waals surface area (Å²) in [5.74, 6) is 1.44. The third-order valence-corrected chi connectivity index (χ3v) is 2.97. The van der Waals surface area contributed by atoms with Crippen LogP contribution in [0.3, 0.4) is 0 Å². The van der Waals surface area contributed by atoms with Gasteiger partial charge in [0.15, 0.2) is 11.6 Å². The van der Waals surface area contributed by atoms with E-state index >= 15 is 0 Å². The summed E-state index contributed by atoms with van der Waals surface area (Å²) in [6, 6.07) is 11.6. The summed E-state index contributed by atoms with van der Waals surface area (Å²) in [6.07, 6.45) is 3.09. The molecule has 0 spiro atoms. The first-order valence-corrected chi connectivity index (χ1v) is 5.77. The number of para-hydroxylation sites is 2. The van der Waals surface area contributed by atoms with E-state index in [2.05, 4.69) is 10.3 Å². The molecule has 1 aliphatic heterocycles. The van der Waals surface area contributed by atoms with Gasteiger partial charge in [-0.25, -0.2) is 0 Å². The number of rotatable bonds is 2. The Morgan fingerprint density at radius 1 is 0.800 bits per heavy atom. The van der Waals surface area contributed by atoms with Crippen LogP contribution in [-0.2, 0) is 20.1 Å². The minimum absolute atomic E-state index is 0. The van der Waals surface area contributed by atoms with E-state index in [1.165, 1.54) is 0 Å². The van der Waals surface area contributed by atoms with Crippen LogP contribution >= 0.6 is 0 Å². The van der Waals surface area contributed by atoms with E-state index in [1.54, 1.807) is 24.7 Å². The van der Waals surface area contributed by atoms with Crippen LogP contribution < -0.4 is 9.62 Å². The Kier molecular flexibility index (Phi) is 3.34. The molecule has 2 radical (unpaired) electrons. The Labute approximate surface area is 129 Å². The Bertz CT molecular complexity index is 630. The molecule has 0 fully saturated rings. The van der Waals surface area contributed by atoms with Gasteiger partial charge in [-0.2, -0.15) is 0 Å². The standard InChI is InChI=1S/C12H8BN4O2.Ir/c1-2-4-10-9(3-1)16(11-5-7-18-14-11)13-17(10)12-6-8-19-15-12;/h1-8H;. The summed E-state index contributed by atoms with van der Waals surface area (Å²) in [4.78, 5) is 3.88. The van der Waals surface area contributed by atoms with Gasteiger partial charge in [-0.3, -0.25) is 0 Å². The van der Waals surface area contributed by atoms with Crippen molar-refractivity contribution in [2.45, 2.75) is 0 Å². The molecular formula is C12H8BIrN4O2. The fourth-order valence-corrected chi connectivity index (χ4v) is 2.14. The number of aromatic nitrogens is 2.